The Hall–Kier alpha value is -2.05. The van der Waals surface area contributed by atoms with Crippen molar-refractivity contribution in [2.75, 3.05) is 0 Å². The molecule has 0 atom stereocenters. The van der Waals surface area contributed by atoms with Crippen LogP contribution in [-0.4, -0.2) is 19.9 Å². The lowest BCUT2D eigenvalue weighted by Crippen LogP contribution is -2.03. The van der Waals surface area contributed by atoms with Crippen LogP contribution in [0.5, 0.6) is 0 Å². The molecule has 0 saturated heterocycles. The third-order valence-electron chi connectivity index (χ3n) is 3.06. The fourth-order valence-corrected chi connectivity index (χ4v) is 2.47. The van der Waals surface area contributed by atoms with Crippen LogP contribution in [0.25, 0.3) is 17.1 Å². The van der Waals surface area contributed by atoms with Crippen molar-refractivity contribution in [2.45, 2.75) is 6.61 Å². The van der Waals surface area contributed by atoms with Gasteiger partial charge in [-0.1, -0.05) is 34.1 Å². The Morgan fingerprint density at radius 3 is 2.57 bits per heavy atom. The molecule has 21 heavy (non-hydrogen) atoms. The predicted molar refractivity (Wildman–Crippen MR) is 80.4 cm³/mol. The molecule has 6 heteroatoms. The number of hydrogen-bond acceptors (Lipinski definition) is 3. The van der Waals surface area contributed by atoms with Crippen molar-refractivity contribution < 1.29 is 9.50 Å². The Labute approximate surface area is 129 Å². The van der Waals surface area contributed by atoms with Crippen molar-refractivity contribution in [3.05, 3.63) is 64.6 Å². The second-order valence-corrected chi connectivity index (χ2v) is 5.31. The molecule has 0 fully saturated rings. The van der Waals surface area contributed by atoms with Gasteiger partial charge in [0, 0.05) is 10.2 Å². The van der Waals surface area contributed by atoms with E-state index in [4.69, 9.17) is 0 Å². The summed E-state index contributed by atoms with van der Waals surface area (Å²) in [5.74, 6) is 0.312. The van der Waals surface area contributed by atoms with Crippen LogP contribution in [0.1, 0.15) is 5.82 Å². The van der Waals surface area contributed by atoms with Gasteiger partial charge in [0.05, 0.1) is 5.56 Å². The molecule has 106 valence electrons. The molecule has 0 aliphatic heterocycles. The van der Waals surface area contributed by atoms with Crippen LogP contribution in [0.4, 0.5) is 4.39 Å². The maximum absolute atomic E-state index is 14.1. The third kappa shape index (κ3) is 2.59. The minimum Gasteiger partial charge on any atom is -0.388 e. The second kappa shape index (κ2) is 5.75. The summed E-state index contributed by atoms with van der Waals surface area (Å²) in [5, 5.41) is 17.4. The van der Waals surface area contributed by atoms with Crippen LogP contribution in [-0.2, 0) is 6.61 Å². The van der Waals surface area contributed by atoms with Crippen LogP contribution in [0, 0.1) is 5.82 Å². The molecule has 2 aromatic carbocycles. The summed E-state index contributed by atoms with van der Waals surface area (Å²) in [6, 6.07) is 13.9. The van der Waals surface area contributed by atoms with Crippen LogP contribution in [0.3, 0.4) is 0 Å². The van der Waals surface area contributed by atoms with E-state index < -0.39 is 5.82 Å². The van der Waals surface area contributed by atoms with Gasteiger partial charge in [0.25, 0.3) is 0 Å². The first-order valence-corrected chi connectivity index (χ1v) is 7.06. The molecule has 0 unspecified atom stereocenters. The minimum atomic E-state index is -0.396. The number of aliphatic hydroxyl groups is 1. The fourth-order valence-electron chi connectivity index (χ4n) is 2.11. The number of halogens is 2. The Balaban J connectivity index is 2.25. The van der Waals surface area contributed by atoms with E-state index in [0.29, 0.717) is 17.2 Å². The standard InChI is InChI=1S/C15H11BrFN3O/c16-10-6-7-13(17)12(8-10)15-19-18-14(9-21)20(15)11-4-2-1-3-5-11/h1-8,21H,9H2. The fraction of sp³-hybridized carbons (Fsp3) is 0.0667. The number of aliphatic hydroxyl groups excluding tert-OH is 1. The summed E-state index contributed by atoms with van der Waals surface area (Å²) < 4.78 is 16.5. The highest BCUT2D eigenvalue weighted by atomic mass is 79.9. The average molecular weight is 348 g/mol. The molecule has 0 spiro atoms. The lowest BCUT2D eigenvalue weighted by Gasteiger charge is -2.10. The summed E-state index contributed by atoms with van der Waals surface area (Å²) in [6.45, 7) is -0.280. The van der Waals surface area contributed by atoms with Crippen molar-refractivity contribution >= 4 is 15.9 Å². The monoisotopic (exact) mass is 347 g/mol. The molecule has 0 saturated carbocycles. The van der Waals surface area contributed by atoms with Gasteiger partial charge in [-0.25, -0.2) is 4.39 Å². The van der Waals surface area contributed by atoms with Gasteiger partial charge in [0.2, 0.25) is 0 Å². The highest BCUT2D eigenvalue weighted by molar-refractivity contribution is 9.10. The van der Waals surface area contributed by atoms with Gasteiger partial charge < -0.3 is 5.11 Å². The predicted octanol–water partition coefficient (Wildman–Crippen LogP) is 3.33. The maximum Gasteiger partial charge on any atom is 0.171 e. The van der Waals surface area contributed by atoms with Crippen molar-refractivity contribution in [1.82, 2.24) is 14.8 Å². The molecule has 0 aliphatic rings. The molecule has 0 bridgehead atoms. The number of aromatic nitrogens is 3. The minimum absolute atomic E-state index is 0.280. The lowest BCUT2D eigenvalue weighted by atomic mass is 10.2. The van der Waals surface area contributed by atoms with E-state index in [-0.39, 0.29) is 6.61 Å². The first kappa shape index (κ1) is 13.9. The van der Waals surface area contributed by atoms with Crippen molar-refractivity contribution in [1.29, 1.82) is 0 Å². The summed E-state index contributed by atoms with van der Waals surface area (Å²) in [4.78, 5) is 0. The van der Waals surface area contributed by atoms with Crippen molar-refractivity contribution in [3.8, 4) is 17.1 Å². The Bertz CT molecular complexity index is 774. The van der Waals surface area contributed by atoms with E-state index in [1.807, 2.05) is 30.3 Å². The summed E-state index contributed by atoms with van der Waals surface area (Å²) in [5.41, 5.74) is 1.08. The molecule has 3 aromatic rings. The van der Waals surface area contributed by atoms with Gasteiger partial charge in [0.15, 0.2) is 11.6 Å². The Kier molecular flexibility index (Phi) is 3.81. The van der Waals surface area contributed by atoms with E-state index in [1.165, 1.54) is 6.07 Å². The van der Waals surface area contributed by atoms with Gasteiger partial charge in [-0.05, 0) is 30.3 Å². The van der Waals surface area contributed by atoms with Gasteiger partial charge in [-0.15, -0.1) is 10.2 Å². The first-order valence-electron chi connectivity index (χ1n) is 6.26. The van der Waals surface area contributed by atoms with E-state index in [2.05, 4.69) is 26.1 Å². The maximum atomic E-state index is 14.1. The van der Waals surface area contributed by atoms with E-state index in [9.17, 15) is 9.50 Å². The van der Waals surface area contributed by atoms with Gasteiger partial charge in [0.1, 0.15) is 12.4 Å². The van der Waals surface area contributed by atoms with E-state index in [0.717, 1.165) is 10.2 Å². The SMILES string of the molecule is OCc1nnc(-c2cc(Br)ccc2F)n1-c1ccccc1. The first-order chi connectivity index (χ1) is 10.2. The highest BCUT2D eigenvalue weighted by Gasteiger charge is 2.18. The molecular formula is C15H11BrFN3O. The summed E-state index contributed by atoms with van der Waals surface area (Å²) >= 11 is 3.32. The molecule has 4 nitrogen and oxygen atoms in total. The Morgan fingerprint density at radius 1 is 1.10 bits per heavy atom. The number of nitrogens with zero attached hydrogens (tertiary/aromatic N) is 3. The van der Waals surface area contributed by atoms with Gasteiger partial charge in [-0.2, -0.15) is 0 Å². The lowest BCUT2D eigenvalue weighted by molar-refractivity contribution is 0.269. The number of benzene rings is 2. The molecule has 3 rings (SSSR count). The molecule has 1 N–H and O–H groups in total. The van der Waals surface area contributed by atoms with Crippen LogP contribution >= 0.6 is 15.9 Å². The van der Waals surface area contributed by atoms with Crippen LogP contribution in [0.15, 0.2) is 53.0 Å². The van der Waals surface area contributed by atoms with E-state index >= 15 is 0 Å². The molecule has 1 aromatic heterocycles. The quantitative estimate of drug-likeness (QED) is 0.790. The highest BCUT2D eigenvalue weighted by Crippen LogP contribution is 2.27. The molecule has 0 amide bonds. The number of hydrogen-bond donors (Lipinski definition) is 1. The zero-order chi connectivity index (χ0) is 14.8. The molecule has 1 heterocycles. The molecular weight excluding hydrogens is 337 g/mol. The van der Waals surface area contributed by atoms with Crippen LogP contribution in [0.2, 0.25) is 0 Å². The summed E-state index contributed by atoms with van der Waals surface area (Å²) in [6.07, 6.45) is 0. The smallest absolute Gasteiger partial charge is 0.171 e. The average Bonchev–Trinajstić information content (AvgIpc) is 2.94. The molecule has 0 radical (unpaired) electrons. The second-order valence-electron chi connectivity index (χ2n) is 4.39. The van der Waals surface area contributed by atoms with Crippen molar-refractivity contribution in [2.24, 2.45) is 0 Å². The zero-order valence-electron chi connectivity index (χ0n) is 10.9. The zero-order valence-corrected chi connectivity index (χ0v) is 12.5. The normalized spacial score (nSPS) is 10.8. The largest absolute Gasteiger partial charge is 0.388 e. The van der Waals surface area contributed by atoms with Crippen molar-refractivity contribution in [3.63, 3.8) is 0 Å². The van der Waals surface area contributed by atoms with Gasteiger partial charge in [-0.3, -0.25) is 4.57 Å². The number of rotatable bonds is 3. The number of para-hydroxylation sites is 1. The Morgan fingerprint density at radius 2 is 1.86 bits per heavy atom. The van der Waals surface area contributed by atoms with Gasteiger partial charge >= 0.3 is 0 Å². The van der Waals surface area contributed by atoms with Crippen LogP contribution < -0.4 is 0 Å². The van der Waals surface area contributed by atoms with E-state index in [1.54, 1.807) is 16.7 Å². The molecule has 0 aliphatic carbocycles. The summed E-state index contributed by atoms with van der Waals surface area (Å²) in [7, 11) is 0. The third-order valence-corrected chi connectivity index (χ3v) is 3.55. The topological polar surface area (TPSA) is 50.9 Å².